The fraction of sp³-hybridized carbons (Fsp3) is 0.375. The first kappa shape index (κ1) is 40.1. The van der Waals surface area contributed by atoms with Crippen molar-refractivity contribution in [1.29, 1.82) is 0 Å². The van der Waals surface area contributed by atoms with E-state index in [-0.39, 0.29) is 17.4 Å². The van der Waals surface area contributed by atoms with Crippen LogP contribution in [-0.2, 0) is 3.07 Å². The number of benzene rings is 5. The summed E-state index contributed by atoms with van der Waals surface area (Å²) in [5.41, 5.74) is 12.2. The number of rotatable bonds is 14. The Kier molecular flexibility index (Phi) is 13.4. The molecule has 2 radical (unpaired) electrons. The molecule has 2 nitrogen and oxygen atoms in total. The van der Waals surface area contributed by atoms with Crippen molar-refractivity contribution in [2.75, 3.05) is 2.79 Å². The van der Waals surface area contributed by atoms with Crippen molar-refractivity contribution in [3.63, 3.8) is 0 Å². The van der Waals surface area contributed by atoms with Crippen molar-refractivity contribution in [2.45, 2.75) is 116 Å². The third kappa shape index (κ3) is 8.64. The van der Waals surface area contributed by atoms with Gasteiger partial charge in [-0.3, -0.25) is 0 Å². The Hall–Kier alpha value is -3.12. The van der Waals surface area contributed by atoms with Gasteiger partial charge in [0, 0.05) is 0 Å². The van der Waals surface area contributed by atoms with Gasteiger partial charge in [-0.25, -0.2) is 0 Å². The van der Waals surface area contributed by atoms with Crippen LogP contribution in [0.4, 0.5) is 5.69 Å². The molecule has 0 spiro atoms. The van der Waals surface area contributed by atoms with Crippen molar-refractivity contribution in [3.05, 3.63) is 172 Å². The van der Waals surface area contributed by atoms with E-state index in [2.05, 4.69) is 212 Å². The predicted molar refractivity (Wildman–Crippen MR) is 228 cm³/mol. The van der Waals surface area contributed by atoms with E-state index in [9.17, 15) is 0 Å². The monoisotopic (exact) mass is 815 g/mol. The molecule has 0 amide bonds. The quantitative estimate of drug-likeness (QED) is 0.0818. The number of nitrogens with zero attached hydrogens (tertiary/aromatic N) is 1. The van der Waals surface area contributed by atoms with Crippen LogP contribution in [0.15, 0.2) is 133 Å². The van der Waals surface area contributed by atoms with Crippen LogP contribution >= 0.6 is 0 Å². The van der Waals surface area contributed by atoms with Crippen LogP contribution in [-0.4, -0.2) is 35.7 Å². The number of hydrogen-bond acceptors (Lipinski definition) is 2. The van der Waals surface area contributed by atoms with Crippen molar-refractivity contribution in [3.8, 4) is 0 Å². The molecule has 0 N–H and O–H groups in total. The van der Waals surface area contributed by atoms with Gasteiger partial charge in [0.2, 0.25) is 0 Å². The Bertz CT molecular complexity index is 1630. The van der Waals surface area contributed by atoms with E-state index >= 15 is 0 Å². The fourth-order valence-corrected chi connectivity index (χ4v) is 25.4. The third-order valence-corrected chi connectivity index (χ3v) is 24.5. The Labute approximate surface area is 328 Å². The Balaban J connectivity index is 2.06. The summed E-state index contributed by atoms with van der Waals surface area (Å²) in [7, 11) is -2.32. The zero-order valence-electron chi connectivity index (χ0n) is 33.5. The summed E-state index contributed by atoms with van der Waals surface area (Å²) in [6.07, 6.45) is 0. The van der Waals surface area contributed by atoms with Crippen LogP contribution in [0.1, 0.15) is 133 Å². The Morgan fingerprint density at radius 1 is 0.481 bits per heavy atom. The maximum atomic E-state index is 7.20. The summed E-state index contributed by atoms with van der Waals surface area (Å²) in [6.45, 7) is 26.5. The molecule has 5 rings (SSSR count). The average molecular weight is 815 g/mol. The standard InChI is InChI=1S/C44H52NSi.C4H9O.Sn/c1-31(2)39-29-40(42(35-21-13-9-14-22-35)36-23-15-10-16-24-36)44(45-46(32(3)4,33(5)6)34(7)8)41(30-39)43(37-25-17-11-18-26-37)38-27-19-12-20-28-38;1-4(2,3)5;/h9-34,42-43H,1-8H3;1-3H3;/q2*-1;+2. The van der Waals surface area contributed by atoms with Gasteiger partial charge in [-0.1, -0.05) is 0 Å². The van der Waals surface area contributed by atoms with Gasteiger partial charge in [-0.15, -0.1) is 0 Å². The van der Waals surface area contributed by atoms with E-state index in [0.29, 0.717) is 22.5 Å². The molecule has 5 aromatic rings. The minimum atomic E-state index is -2.32. The molecule has 4 heteroatoms. The van der Waals surface area contributed by atoms with Crippen molar-refractivity contribution >= 4 is 35.8 Å². The summed E-state index contributed by atoms with van der Waals surface area (Å²) in [5.74, 6) is 0.459. The van der Waals surface area contributed by atoms with E-state index in [1.54, 1.807) is 0 Å². The van der Waals surface area contributed by atoms with Crippen LogP contribution in [0.25, 0.3) is 0 Å². The first-order valence-electron chi connectivity index (χ1n) is 19.4. The summed E-state index contributed by atoms with van der Waals surface area (Å²) < 4.78 is 10.3. The SMILES string of the molecule is CC(C)c1cc(C(c2ccccc2)c2ccccc2)c([N]([Sn][O]C(C)(C)C)[Si](C(C)C)(C(C)C)C(C)C)c(C(c2ccccc2)c2ccccc2)c1. The molecule has 0 aromatic heterocycles. The third-order valence-electron chi connectivity index (χ3n) is 10.8. The molecular weight excluding hydrogens is 753 g/mol. The van der Waals surface area contributed by atoms with Crippen LogP contribution in [0.3, 0.4) is 0 Å². The second-order valence-electron chi connectivity index (χ2n) is 16.7. The topological polar surface area (TPSA) is 12.5 Å². The first-order chi connectivity index (χ1) is 24.8. The molecular formula is C48H61NOSiSn. The molecule has 52 heavy (non-hydrogen) atoms. The van der Waals surface area contributed by atoms with Gasteiger partial charge in [0.05, 0.1) is 0 Å². The van der Waals surface area contributed by atoms with Gasteiger partial charge >= 0.3 is 330 Å². The molecule has 0 aliphatic heterocycles. The van der Waals surface area contributed by atoms with Crippen LogP contribution < -0.4 is 2.79 Å². The van der Waals surface area contributed by atoms with Gasteiger partial charge < -0.3 is 0 Å². The average Bonchev–Trinajstić information content (AvgIpc) is 3.11. The summed E-state index contributed by atoms with van der Waals surface area (Å²) in [5, 5.41) is 0. The molecule has 0 saturated carbocycles. The molecule has 0 fully saturated rings. The van der Waals surface area contributed by atoms with Crippen LogP contribution in [0.5, 0.6) is 0 Å². The van der Waals surface area contributed by atoms with E-state index in [1.165, 1.54) is 44.6 Å². The Morgan fingerprint density at radius 2 is 0.788 bits per heavy atom. The van der Waals surface area contributed by atoms with Crippen LogP contribution in [0.2, 0.25) is 16.6 Å². The molecule has 0 unspecified atom stereocenters. The first-order valence-corrected chi connectivity index (χ1v) is 24.0. The maximum absolute atomic E-state index is 7.20. The summed E-state index contributed by atoms with van der Waals surface area (Å²) >= 11 is -1.68. The van der Waals surface area contributed by atoms with Gasteiger partial charge in [0.1, 0.15) is 0 Å². The van der Waals surface area contributed by atoms with Gasteiger partial charge in [-0.2, -0.15) is 0 Å². The van der Waals surface area contributed by atoms with Crippen molar-refractivity contribution < 1.29 is 3.07 Å². The fourth-order valence-electron chi connectivity index (χ4n) is 8.70. The van der Waals surface area contributed by atoms with Gasteiger partial charge in [-0.05, 0) is 0 Å². The van der Waals surface area contributed by atoms with Gasteiger partial charge in [0.15, 0.2) is 0 Å². The zero-order valence-corrected chi connectivity index (χ0v) is 37.4. The molecule has 5 aromatic carbocycles. The van der Waals surface area contributed by atoms with Gasteiger partial charge in [0.25, 0.3) is 0 Å². The molecule has 0 atom stereocenters. The molecule has 0 aliphatic carbocycles. The van der Waals surface area contributed by atoms with Crippen molar-refractivity contribution in [1.82, 2.24) is 0 Å². The molecule has 272 valence electrons. The van der Waals surface area contributed by atoms with E-state index in [4.69, 9.17) is 3.07 Å². The minimum absolute atomic E-state index is 0.0525. The van der Waals surface area contributed by atoms with E-state index < -0.39 is 30.1 Å². The second kappa shape index (κ2) is 17.3. The predicted octanol–water partition coefficient (Wildman–Crippen LogP) is 13.5. The molecule has 0 aliphatic rings. The molecule has 0 bridgehead atoms. The van der Waals surface area contributed by atoms with E-state index in [0.717, 1.165) is 0 Å². The van der Waals surface area contributed by atoms with E-state index in [1.807, 2.05) is 0 Å². The van der Waals surface area contributed by atoms with Crippen molar-refractivity contribution in [2.24, 2.45) is 0 Å². The zero-order chi connectivity index (χ0) is 37.6. The van der Waals surface area contributed by atoms with Crippen LogP contribution in [0, 0.1) is 0 Å². The Morgan fingerprint density at radius 3 is 1.04 bits per heavy atom. The molecule has 0 heterocycles. The summed E-state index contributed by atoms with van der Waals surface area (Å²) in [6, 6.07) is 50.1. The second-order valence-corrected chi connectivity index (χ2v) is 26.0. The number of hydrogen-bond donors (Lipinski definition) is 0. The normalized spacial score (nSPS) is 12.6. The summed E-state index contributed by atoms with van der Waals surface area (Å²) in [4.78, 5) is 0. The molecule has 0 saturated heterocycles. The number of anilines is 1.